The minimum Gasteiger partial charge on any atom is -0.471 e. The molecule has 0 bridgehead atoms. The third-order valence-corrected chi connectivity index (χ3v) is 3.70. The summed E-state index contributed by atoms with van der Waals surface area (Å²) in [6.45, 7) is 4.19. The zero-order valence-corrected chi connectivity index (χ0v) is 12.1. The summed E-state index contributed by atoms with van der Waals surface area (Å²) >= 11 is 1.61. The summed E-state index contributed by atoms with van der Waals surface area (Å²) < 4.78 is 11.3. The van der Waals surface area contributed by atoms with Crippen LogP contribution >= 0.6 is 11.3 Å². The van der Waals surface area contributed by atoms with Crippen LogP contribution in [0.5, 0.6) is 5.88 Å². The Kier molecular flexibility index (Phi) is 3.52. The van der Waals surface area contributed by atoms with Gasteiger partial charge in [0.05, 0.1) is 4.88 Å². The maximum atomic E-state index is 5.67. The van der Waals surface area contributed by atoms with E-state index in [1.165, 1.54) is 0 Å². The van der Waals surface area contributed by atoms with Gasteiger partial charge in [-0.25, -0.2) is 9.97 Å². The second-order valence-corrected chi connectivity index (χ2v) is 5.35. The second-order valence-electron chi connectivity index (χ2n) is 4.41. The number of aryl methyl sites for hydroxylation is 2. The van der Waals surface area contributed by atoms with Crippen LogP contribution in [-0.4, -0.2) is 9.97 Å². The Bertz CT molecular complexity index is 704. The van der Waals surface area contributed by atoms with Gasteiger partial charge in [0.2, 0.25) is 11.8 Å². The van der Waals surface area contributed by atoms with Crippen LogP contribution in [0.15, 0.2) is 40.1 Å². The Labute approximate surface area is 121 Å². The molecule has 0 spiro atoms. The zero-order chi connectivity index (χ0) is 13.9. The van der Waals surface area contributed by atoms with Crippen LogP contribution in [0.25, 0.3) is 10.8 Å². The Hall–Kier alpha value is -2.14. The van der Waals surface area contributed by atoms with Crippen LogP contribution in [0.4, 0.5) is 0 Å². The van der Waals surface area contributed by atoms with Crippen molar-refractivity contribution in [2.24, 2.45) is 0 Å². The van der Waals surface area contributed by atoms with E-state index in [9.17, 15) is 0 Å². The van der Waals surface area contributed by atoms with Crippen LogP contribution in [0.2, 0.25) is 0 Å². The molecule has 0 N–H and O–H groups in total. The van der Waals surface area contributed by atoms with Gasteiger partial charge in [-0.3, -0.25) is 0 Å². The van der Waals surface area contributed by atoms with Gasteiger partial charge in [-0.05, 0) is 31.4 Å². The Morgan fingerprint density at radius 3 is 2.80 bits per heavy atom. The molecule has 0 radical (unpaired) electrons. The van der Waals surface area contributed by atoms with Crippen molar-refractivity contribution in [2.75, 3.05) is 0 Å². The van der Waals surface area contributed by atoms with Crippen molar-refractivity contribution in [1.29, 1.82) is 0 Å². The molecule has 0 saturated heterocycles. The maximum absolute atomic E-state index is 5.67. The zero-order valence-electron chi connectivity index (χ0n) is 11.3. The molecule has 0 unspecified atom stereocenters. The summed E-state index contributed by atoms with van der Waals surface area (Å²) in [7, 11) is 0. The van der Waals surface area contributed by atoms with Crippen molar-refractivity contribution in [3.05, 3.63) is 52.9 Å². The van der Waals surface area contributed by atoms with Crippen LogP contribution in [0.1, 0.15) is 17.1 Å². The van der Waals surface area contributed by atoms with E-state index in [4.69, 9.17) is 9.15 Å². The largest absolute Gasteiger partial charge is 0.471 e. The van der Waals surface area contributed by atoms with Crippen molar-refractivity contribution in [3.63, 3.8) is 0 Å². The van der Waals surface area contributed by atoms with Crippen molar-refractivity contribution < 1.29 is 9.15 Å². The highest BCUT2D eigenvalue weighted by molar-refractivity contribution is 7.13. The molecule has 20 heavy (non-hydrogen) atoms. The molecule has 5 heteroatoms. The molecule has 0 amide bonds. The second kappa shape index (κ2) is 5.46. The number of aromatic nitrogens is 2. The molecule has 3 aromatic heterocycles. The van der Waals surface area contributed by atoms with E-state index in [1.807, 2.05) is 49.6 Å². The van der Waals surface area contributed by atoms with Crippen molar-refractivity contribution >= 4 is 11.3 Å². The standard InChI is InChI=1S/C15H14N2O2S/c1-10-5-3-7-14(16-10)18-9-12-11(2)19-15(17-12)13-6-4-8-20-13/h3-8H,9H2,1-2H3. The number of hydrogen-bond acceptors (Lipinski definition) is 5. The van der Waals surface area contributed by atoms with Crippen molar-refractivity contribution in [3.8, 4) is 16.6 Å². The summed E-state index contributed by atoms with van der Waals surface area (Å²) in [6.07, 6.45) is 0. The fourth-order valence-electron chi connectivity index (χ4n) is 1.81. The van der Waals surface area contributed by atoms with E-state index in [0.717, 1.165) is 22.0 Å². The summed E-state index contributed by atoms with van der Waals surface area (Å²) in [4.78, 5) is 9.80. The van der Waals surface area contributed by atoms with E-state index < -0.39 is 0 Å². The van der Waals surface area contributed by atoms with Crippen LogP contribution in [0.3, 0.4) is 0 Å². The topological polar surface area (TPSA) is 48.2 Å². The van der Waals surface area contributed by atoms with E-state index in [0.29, 0.717) is 18.4 Å². The molecular weight excluding hydrogens is 272 g/mol. The molecule has 0 fully saturated rings. The first-order valence-corrected chi connectivity index (χ1v) is 7.17. The average Bonchev–Trinajstić information content (AvgIpc) is 3.06. The smallest absolute Gasteiger partial charge is 0.236 e. The van der Waals surface area contributed by atoms with E-state index in [1.54, 1.807) is 11.3 Å². The van der Waals surface area contributed by atoms with Gasteiger partial charge in [-0.1, -0.05) is 12.1 Å². The number of ether oxygens (including phenoxy) is 1. The number of nitrogens with zero attached hydrogens (tertiary/aromatic N) is 2. The molecule has 3 rings (SSSR count). The van der Waals surface area contributed by atoms with Gasteiger partial charge in [-0.15, -0.1) is 11.3 Å². The summed E-state index contributed by atoms with van der Waals surface area (Å²) in [6, 6.07) is 9.66. The van der Waals surface area contributed by atoms with E-state index in [-0.39, 0.29) is 0 Å². The predicted molar refractivity (Wildman–Crippen MR) is 77.9 cm³/mol. The Balaban J connectivity index is 1.75. The SMILES string of the molecule is Cc1cccc(OCc2nc(-c3cccs3)oc2C)n1. The molecule has 102 valence electrons. The number of pyridine rings is 1. The lowest BCUT2D eigenvalue weighted by Gasteiger charge is -2.03. The third-order valence-electron chi connectivity index (χ3n) is 2.84. The maximum Gasteiger partial charge on any atom is 0.236 e. The van der Waals surface area contributed by atoms with Gasteiger partial charge in [0.1, 0.15) is 18.1 Å². The first-order chi connectivity index (χ1) is 9.72. The molecule has 0 atom stereocenters. The van der Waals surface area contributed by atoms with Gasteiger partial charge in [0.15, 0.2) is 0 Å². The Morgan fingerprint density at radius 1 is 1.15 bits per heavy atom. The lowest BCUT2D eigenvalue weighted by Crippen LogP contribution is -1.99. The van der Waals surface area contributed by atoms with Crippen LogP contribution in [0, 0.1) is 13.8 Å². The lowest BCUT2D eigenvalue weighted by atomic mass is 10.4. The highest BCUT2D eigenvalue weighted by Gasteiger charge is 2.12. The summed E-state index contributed by atoms with van der Waals surface area (Å²) in [5.74, 6) is 2.03. The average molecular weight is 286 g/mol. The fraction of sp³-hybridized carbons (Fsp3) is 0.200. The fourth-order valence-corrected chi connectivity index (χ4v) is 2.46. The van der Waals surface area contributed by atoms with Crippen molar-refractivity contribution in [1.82, 2.24) is 9.97 Å². The minimum atomic E-state index is 0.358. The van der Waals surface area contributed by atoms with Gasteiger partial charge >= 0.3 is 0 Å². The Morgan fingerprint density at radius 2 is 2.05 bits per heavy atom. The summed E-state index contributed by atoms with van der Waals surface area (Å²) in [5.41, 5.74) is 1.73. The van der Waals surface area contributed by atoms with Gasteiger partial charge in [0, 0.05) is 11.8 Å². The highest BCUT2D eigenvalue weighted by atomic mass is 32.1. The number of rotatable bonds is 4. The van der Waals surface area contributed by atoms with Crippen LogP contribution < -0.4 is 4.74 Å². The van der Waals surface area contributed by atoms with Gasteiger partial charge in [-0.2, -0.15) is 0 Å². The minimum absolute atomic E-state index is 0.358. The monoisotopic (exact) mass is 286 g/mol. The molecule has 0 aromatic carbocycles. The normalized spacial score (nSPS) is 10.7. The quantitative estimate of drug-likeness (QED) is 0.727. The molecule has 0 aliphatic heterocycles. The van der Waals surface area contributed by atoms with E-state index >= 15 is 0 Å². The molecule has 3 aromatic rings. The summed E-state index contributed by atoms with van der Waals surface area (Å²) in [5, 5.41) is 2.00. The third kappa shape index (κ3) is 2.72. The van der Waals surface area contributed by atoms with E-state index in [2.05, 4.69) is 9.97 Å². The first kappa shape index (κ1) is 12.9. The predicted octanol–water partition coefficient (Wildman–Crippen LogP) is 3.99. The molecule has 3 heterocycles. The molecular formula is C15H14N2O2S. The van der Waals surface area contributed by atoms with Crippen molar-refractivity contribution in [2.45, 2.75) is 20.5 Å². The number of oxazole rings is 1. The lowest BCUT2D eigenvalue weighted by molar-refractivity contribution is 0.287. The van der Waals surface area contributed by atoms with Gasteiger partial charge < -0.3 is 9.15 Å². The highest BCUT2D eigenvalue weighted by Crippen LogP contribution is 2.26. The van der Waals surface area contributed by atoms with Gasteiger partial charge in [0.25, 0.3) is 0 Å². The molecule has 0 saturated carbocycles. The van der Waals surface area contributed by atoms with Crippen LogP contribution in [-0.2, 0) is 6.61 Å². The number of hydrogen-bond donors (Lipinski definition) is 0. The molecule has 0 aliphatic rings. The first-order valence-electron chi connectivity index (χ1n) is 6.29. The number of thiophene rings is 1. The molecule has 0 aliphatic carbocycles. The molecule has 4 nitrogen and oxygen atoms in total.